The minimum atomic E-state index is -2.44. The van der Waals surface area contributed by atoms with Gasteiger partial charge in [-0.05, 0) is 48.2 Å². The second kappa shape index (κ2) is 12.6. The highest BCUT2D eigenvalue weighted by Gasteiger charge is 2.77. The topological polar surface area (TPSA) is 214 Å². The number of anilines is 2. The average molecular weight is 601 g/mol. The van der Waals surface area contributed by atoms with Crippen LogP contribution in [0.1, 0.15) is 50.7 Å². The van der Waals surface area contributed by atoms with E-state index < -0.39 is 21.7 Å². The van der Waals surface area contributed by atoms with Gasteiger partial charge < -0.3 is 10.6 Å². The lowest BCUT2D eigenvalue weighted by Gasteiger charge is -2.54. The van der Waals surface area contributed by atoms with Crippen molar-refractivity contribution in [3.8, 4) is 48.6 Å². The Labute approximate surface area is 268 Å². The van der Waals surface area contributed by atoms with Crippen LogP contribution in [-0.4, -0.2) is 13.1 Å². The van der Waals surface area contributed by atoms with Gasteiger partial charge in [-0.1, -0.05) is 51.0 Å². The standard InChI is InChI=1S/C36H28N10/c1-3-5-15-45-27-11-7-25(8-12-27)29-31(35(21-41,22-42)33(29,17-37)18-38)32-30(34(19-39,20-40)36(32,23-43)24-44)26-9-13-28(14-10-26)46-16-6-4-2/h7-14,45-46H,3-6,15-16H2,1-2H3. The lowest BCUT2D eigenvalue weighted by atomic mass is 9.37. The Morgan fingerprint density at radius 2 is 0.696 bits per heavy atom. The molecule has 0 spiro atoms. The fraction of sp³-hybridized carbons (Fsp3) is 0.333. The molecule has 2 aliphatic rings. The van der Waals surface area contributed by atoms with E-state index >= 15 is 0 Å². The molecule has 46 heavy (non-hydrogen) atoms. The first-order valence-electron chi connectivity index (χ1n) is 14.8. The van der Waals surface area contributed by atoms with Crippen LogP contribution in [0.5, 0.6) is 0 Å². The summed E-state index contributed by atoms with van der Waals surface area (Å²) in [7, 11) is 0. The van der Waals surface area contributed by atoms with Gasteiger partial charge in [0.15, 0.2) is 0 Å². The predicted molar refractivity (Wildman–Crippen MR) is 168 cm³/mol. The van der Waals surface area contributed by atoms with Crippen molar-refractivity contribution in [2.24, 2.45) is 21.7 Å². The Morgan fingerprint density at radius 3 is 0.935 bits per heavy atom. The van der Waals surface area contributed by atoms with Crippen molar-refractivity contribution < 1.29 is 0 Å². The summed E-state index contributed by atoms with van der Waals surface area (Å²) >= 11 is 0. The molecule has 0 unspecified atom stereocenters. The molecule has 0 fully saturated rings. The van der Waals surface area contributed by atoms with Crippen LogP contribution in [0.2, 0.25) is 0 Å². The number of nitrogens with zero attached hydrogens (tertiary/aromatic N) is 8. The fourth-order valence-corrected chi connectivity index (χ4v) is 6.27. The Hall–Kier alpha value is -6.56. The molecule has 0 bridgehead atoms. The molecular formula is C36H28N10. The van der Waals surface area contributed by atoms with Crippen LogP contribution in [0.3, 0.4) is 0 Å². The third kappa shape index (κ3) is 4.15. The van der Waals surface area contributed by atoms with Crippen LogP contribution >= 0.6 is 0 Å². The van der Waals surface area contributed by atoms with Gasteiger partial charge in [0.1, 0.15) is 0 Å². The number of benzene rings is 2. The number of hydrogen-bond acceptors (Lipinski definition) is 10. The zero-order valence-corrected chi connectivity index (χ0v) is 25.4. The molecule has 10 heteroatoms. The Morgan fingerprint density at radius 1 is 0.435 bits per heavy atom. The van der Waals surface area contributed by atoms with E-state index in [0.29, 0.717) is 11.1 Å². The van der Waals surface area contributed by atoms with E-state index in [0.717, 1.165) is 50.1 Å². The molecule has 0 atom stereocenters. The average Bonchev–Trinajstić information content (AvgIpc) is 3.08. The van der Waals surface area contributed by atoms with Crippen molar-refractivity contribution in [1.82, 2.24) is 0 Å². The quantitative estimate of drug-likeness (QED) is 0.268. The third-order valence-corrected chi connectivity index (χ3v) is 8.78. The molecule has 2 aromatic rings. The molecule has 10 nitrogen and oxygen atoms in total. The summed E-state index contributed by atoms with van der Waals surface area (Å²) in [6, 6.07) is 28.4. The van der Waals surface area contributed by atoms with Crippen LogP contribution < -0.4 is 10.6 Å². The predicted octanol–water partition coefficient (Wildman–Crippen LogP) is 6.48. The first-order valence-corrected chi connectivity index (χ1v) is 14.8. The highest BCUT2D eigenvalue weighted by molar-refractivity contribution is 6.03. The van der Waals surface area contributed by atoms with Gasteiger partial charge in [-0.25, -0.2) is 0 Å². The fourth-order valence-electron chi connectivity index (χ4n) is 6.27. The molecule has 0 heterocycles. The van der Waals surface area contributed by atoms with Gasteiger partial charge in [0.05, 0.1) is 48.6 Å². The first-order chi connectivity index (χ1) is 22.3. The number of nitrogens with one attached hydrogen (secondary N) is 2. The van der Waals surface area contributed by atoms with Gasteiger partial charge in [-0.15, -0.1) is 0 Å². The zero-order chi connectivity index (χ0) is 33.6. The van der Waals surface area contributed by atoms with Gasteiger partial charge in [0.25, 0.3) is 0 Å². The second-order valence-corrected chi connectivity index (χ2v) is 11.1. The highest BCUT2D eigenvalue weighted by Crippen LogP contribution is 2.74. The van der Waals surface area contributed by atoms with Gasteiger partial charge in [-0.3, -0.25) is 0 Å². The van der Waals surface area contributed by atoms with Gasteiger partial charge in [0.2, 0.25) is 21.7 Å². The summed E-state index contributed by atoms with van der Waals surface area (Å²) in [5, 5.41) is 90.3. The number of rotatable bonds is 11. The SMILES string of the molecule is CCCCNc1ccc(C2=C(C3=C(c4ccc(NCCCC)cc4)C(C#N)(C#N)C3(C#N)C#N)C(C#N)(C#N)C2(C#N)C#N)cc1. The van der Waals surface area contributed by atoms with Crippen molar-refractivity contribution in [2.75, 3.05) is 23.7 Å². The molecule has 0 radical (unpaired) electrons. The Kier molecular flexibility index (Phi) is 8.85. The van der Waals surface area contributed by atoms with E-state index in [1.807, 2.05) is 48.6 Å². The molecular weight excluding hydrogens is 572 g/mol. The summed E-state index contributed by atoms with van der Waals surface area (Å²) in [5.41, 5.74) is -7.74. The molecule has 0 aliphatic heterocycles. The summed E-state index contributed by atoms with van der Waals surface area (Å²) in [6.45, 7) is 5.56. The lowest BCUT2D eigenvalue weighted by Crippen LogP contribution is -2.58. The van der Waals surface area contributed by atoms with Crippen LogP contribution in [-0.2, 0) is 0 Å². The molecule has 4 rings (SSSR count). The number of hydrogen-bond donors (Lipinski definition) is 2. The summed E-state index contributed by atoms with van der Waals surface area (Å²) in [4.78, 5) is 0. The summed E-state index contributed by atoms with van der Waals surface area (Å²) in [5.74, 6) is 0. The minimum absolute atomic E-state index is 0.0228. The molecule has 2 aromatic carbocycles. The smallest absolute Gasteiger partial charge is 0.205 e. The zero-order valence-electron chi connectivity index (χ0n) is 25.4. The first kappa shape index (κ1) is 32.4. The van der Waals surface area contributed by atoms with Crippen molar-refractivity contribution in [2.45, 2.75) is 39.5 Å². The lowest BCUT2D eigenvalue weighted by molar-refractivity contribution is 0.337. The maximum atomic E-state index is 10.5. The van der Waals surface area contributed by atoms with E-state index in [1.54, 1.807) is 48.5 Å². The van der Waals surface area contributed by atoms with Gasteiger partial charge in [0, 0.05) is 46.8 Å². The van der Waals surface area contributed by atoms with Crippen molar-refractivity contribution in [3.63, 3.8) is 0 Å². The van der Waals surface area contributed by atoms with E-state index in [2.05, 4.69) is 24.5 Å². The molecule has 2 aliphatic carbocycles. The summed E-state index contributed by atoms with van der Waals surface area (Å²) < 4.78 is 0. The monoisotopic (exact) mass is 600 g/mol. The second-order valence-electron chi connectivity index (χ2n) is 11.1. The van der Waals surface area contributed by atoms with Gasteiger partial charge in [-0.2, -0.15) is 42.1 Å². The highest BCUT2D eigenvalue weighted by atomic mass is 14.9. The third-order valence-electron chi connectivity index (χ3n) is 8.78. The molecule has 0 amide bonds. The minimum Gasteiger partial charge on any atom is -0.385 e. The number of allylic oxidation sites excluding steroid dienone is 4. The van der Waals surface area contributed by atoms with Crippen LogP contribution in [0, 0.1) is 112 Å². The van der Waals surface area contributed by atoms with Crippen molar-refractivity contribution >= 4 is 22.5 Å². The van der Waals surface area contributed by atoms with Crippen molar-refractivity contribution in [1.29, 1.82) is 42.1 Å². The molecule has 0 saturated carbocycles. The van der Waals surface area contributed by atoms with E-state index in [4.69, 9.17) is 0 Å². The molecule has 0 aromatic heterocycles. The van der Waals surface area contributed by atoms with Gasteiger partial charge >= 0.3 is 0 Å². The van der Waals surface area contributed by atoms with E-state index in [1.165, 1.54) is 0 Å². The van der Waals surface area contributed by atoms with Crippen molar-refractivity contribution in [3.05, 3.63) is 70.8 Å². The Bertz CT molecular complexity index is 1760. The van der Waals surface area contributed by atoms with Crippen LogP contribution in [0.4, 0.5) is 11.4 Å². The maximum Gasteiger partial charge on any atom is 0.205 e. The molecule has 0 saturated heterocycles. The van der Waals surface area contributed by atoms with E-state index in [-0.39, 0.29) is 22.3 Å². The van der Waals surface area contributed by atoms with E-state index in [9.17, 15) is 42.1 Å². The van der Waals surface area contributed by atoms with Crippen LogP contribution in [0.25, 0.3) is 11.1 Å². The van der Waals surface area contributed by atoms with Crippen LogP contribution in [0.15, 0.2) is 59.7 Å². The largest absolute Gasteiger partial charge is 0.385 e. The Balaban J connectivity index is 2.12. The maximum absolute atomic E-state index is 10.5. The number of unbranched alkanes of at least 4 members (excludes halogenated alkanes) is 2. The number of nitriles is 8. The summed E-state index contributed by atoms with van der Waals surface area (Å²) in [6.07, 6.45) is 3.85. The normalized spacial score (nSPS) is 17.3. The molecule has 2 N–H and O–H groups in total. The molecule has 222 valence electrons.